The van der Waals surface area contributed by atoms with Crippen LogP contribution < -0.4 is 0 Å². The summed E-state index contributed by atoms with van der Waals surface area (Å²) in [6.45, 7) is 1.50. The van der Waals surface area contributed by atoms with E-state index in [1.807, 2.05) is 0 Å². The average Bonchev–Trinajstić information content (AvgIpc) is 3.20. The van der Waals surface area contributed by atoms with Crippen molar-refractivity contribution in [1.82, 2.24) is 0 Å². The molecule has 1 aliphatic carbocycles. The van der Waals surface area contributed by atoms with Gasteiger partial charge in [-0.1, -0.05) is 161 Å². The Morgan fingerprint density at radius 3 is 1.39 bits per heavy atom. The summed E-state index contributed by atoms with van der Waals surface area (Å²) in [7, 11) is -10.7. The van der Waals surface area contributed by atoms with Crippen molar-refractivity contribution in [2.24, 2.45) is 0 Å². The maximum Gasteiger partial charge on any atom is 0.472 e. The lowest BCUT2D eigenvalue weighted by Crippen LogP contribution is -2.64. The van der Waals surface area contributed by atoms with Gasteiger partial charge in [-0.15, -0.1) is 0 Å². The Kier molecular flexibility index (Phi) is 34.1. The van der Waals surface area contributed by atoms with Gasteiger partial charge in [0.05, 0.1) is 19.6 Å². The lowest BCUT2D eigenvalue weighted by atomic mass is 9.85. The van der Waals surface area contributed by atoms with Gasteiger partial charge in [-0.05, 0) is 25.0 Å². The van der Waals surface area contributed by atoms with Crippen LogP contribution in [0, 0.1) is 0 Å². The molecule has 0 radical (unpaired) electrons. The lowest BCUT2D eigenvalue weighted by molar-refractivity contribution is -0.216. The molecule has 1 saturated carbocycles. The van der Waals surface area contributed by atoms with Crippen molar-refractivity contribution in [2.75, 3.05) is 19.0 Å². The number of rotatable bonds is 40. The van der Waals surface area contributed by atoms with Crippen molar-refractivity contribution < 1.29 is 76.9 Å². The first kappa shape index (κ1) is 58.4. The molecule has 0 saturated heterocycles. The van der Waals surface area contributed by atoms with E-state index in [9.17, 15) is 44.0 Å². The zero-order valence-corrected chi connectivity index (χ0v) is 39.5. The molecular weight excluding hydrogens is 854 g/mol. The highest BCUT2D eigenvalue weighted by molar-refractivity contribution is 7.80. The van der Waals surface area contributed by atoms with Crippen LogP contribution in [0.2, 0.25) is 0 Å². The van der Waals surface area contributed by atoms with Crippen LogP contribution in [0.15, 0.2) is 0 Å². The third-order valence-electron chi connectivity index (χ3n) is 11.0. The molecule has 0 bridgehead atoms. The normalized spacial score (nSPS) is 22.2. The monoisotopic (exact) mass is 936 g/mol. The Labute approximate surface area is 370 Å². The standard InChI is InChI=1S/C42H82O16P2S/c1-2-3-4-5-6-7-8-11-14-17-20-23-26-29-35(43)56-34(32-36(44)54-30-27-24-21-18-15-12-9-10-13-16-19-22-25-28-31-61)33-55-60(52,53)58-42-39(47)37(45)38(46)41(40(42)48)57-59(49,50)51/h34,37-42,45-48,61H,2-33H2,1H3,(H,52,53)(H2,49,50,51)/t34-,37+,38?,39+,40?,41-,42?/m1/s1. The van der Waals surface area contributed by atoms with E-state index in [0.717, 1.165) is 57.1 Å². The van der Waals surface area contributed by atoms with Crippen molar-refractivity contribution in [3.63, 3.8) is 0 Å². The number of hydrogen-bond donors (Lipinski definition) is 8. The molecule has 0 aromatic heterocycles. The summed E-state index contributed by atoms with van der Waals surface area (Å²) in [5.41, 5.74) is 0. The molecule has 362 valence electrons. The Balaban J connectivity index is 2.58. The molecule has 0 spiro atoms. The van der Waals surface area contributed by atoms with Gasteiger partial charge in [-0.3, -0.25) is 23.2 Å². The summed E-state index contributed by atoms with van der Waals surface area (Å²) < 4.78 is 49.3. The SMILES string of the molecule is CCCCCCCCCCCCCCCC(=O)O[C@@H](COP(=O)(O)OC1C(O)[C@H](OP(=O)(O)O)C(O)[C@H](O)[C@@H]1O)CC(=O)OCCCCCCCCCCCCCCCCS. The van der Waals surface area contributed by atoms with Gasteiger partial charge in [0, 0.05) is 6.42 Å². The highest BCUT2D eigenvalue weighted by atomic mass is 32.1. The quantitative estimate of drug-likeness (QED) is 0.0125. The van der Waals surface area contributed by atoms with Gasteiger partial charge in [-0.25, -0.2) is 9.13 Å². The summed E-state index contributed by atoms with van der Waals surface area (Å²) >= 11 is 4.25. The van der Waals surface area contributed by atoms with E-state index in [1.165, 1.54) is 109 Å². The summed E-state index contributed by atoms with van der Waals surface area (Å²) in [5, 5.41) is 41.2. The van der Waals surface area contributed by atoms with Gasteiger partial charge in [-0.2, -0.15) is 12.6 Å². The number of phosphoric ester groups is 2. The molecule has 1 rings (SSSR count). The number of thiol groups is 1. The molecule has 4 unspecified atom stereocenters. The predicted molar refractivity (Wildman–Crippen MR) is 236 cm³/mol. The third kappa shape index (κ3) is 30.2. The first-order valence-electron chi connectivity index (χ1n) is 23.2. The van der Waals surface area contributed by atoms with Gasteiger partial charge in [0.1, 0.15) is 42.7 Å². The second kappa shape index (κ2) is 35.6. The van der Waals surface area contributed by atoms with Crippen molar-refractivity contribution in [2.45, 2.75) is 236 Å². The minimum Gasteiger partial charge on any atom is -0.466 e. The molecule has 0 heterocycles. The molecule has 0 amide bonds. The fraction of sp³-hybridized carbons (Fsp3) is 0.952. The molecule has 7 N–H and O–H groups in total. The molecule has 0 aromatic rings. The highest BCUT2D eigenvalue weighted by Crippen LogP contribution is 2.49. The smallest absolute Gasteiger partial charge is 0.466 e. The lowest BCUT2D eigenvalue weighted by Gasteiger charge is -2.43. The topological polar surface area (TPSA) is 256 Å². The Morgan fingerprint density at radius 2 is 0.951 bits per heavy atom. The first-order valence-corrected chi connectivity index (χ1v) is 26.9. The number of hydrogen-bond acceptors (Lipinski definition) is 14. The van der Waals surface area contributed by atoms with E-state index in [-0.39, 0.29) is 13.0 Å². The molecule has 19 heteroatoms. The second-order valence-corrected chi connectivity index (χ2v) is 19.6. The van der Waals surface area contributed by atoms with E-state index in [4.69, 9.17) is 28.3 Å². The van der Waals surface area contributed by atoms with E-state index in [0.29, 0.717) is 12.8 Å². The maximum atomic E-state index is 13.0. The molecule has 8 atom stereocenters. The van der Waals surface area contributed by atoms with Crippen molar-refractivity contribution in [3.05, 3.63) is 0 Å². The van der Waals surface area contributed by atoms with Gasteiger partial charge in [0.2, 0.25) is 0 Å². The number of aliphatic hydroxyl groups is 4. The fourth-order valence-electron chi connectivity index (χ4n) is 7.38. The van der Waals surface area contributed by atoms with Crippen LogP contribution in [0.4, 0.5) is 0 Å². The van der Waals surface area contributed by atoms with E-state index >= 15 is 0 Å². The van der Waals surface area contributed by atoms with Crippen LogP contribution in [-0.2, 0) is 41.8 Å². The van der Waals surface area contributed by atoms with E-state index < -0.39 is 83.3 Å². The fourth-order valence-corrected chi connectivity index (χ4v) is 9.15. The molecule has 0 aliphatic heterocycles. The summed E-state index contributed by atoms with van der Waals surface area (Å²) in [5.74, 6) is -0.424. The number of carbonyl (C=O) groups is 2. The maximum absolute atomic E-state index is 13.0. The molecule has 0 aromatic carbocycles. The number of phosphoric acid groups is 2. The minimum absolute atomic E-state index is 0.0369. The summed E-state index contributed by atoms with van der Waals surface area (Å²) in [6, 6.07) is 0. The highest BCUT2D eigenvalue weighted by Gasteiger charge is 2.54. The molecule has 16 nitrogen and oxygen atoms in total. The van der Waals surface area contributed by atoms with Crippen molar-refractivity contribution >= 4 is 40.2 Å². The number of unbranched alkanes of at least 4 members (excludes halogenated alkanes) is 25. The number of aliphatic hydroxyl groups excluding tert-OH is 4. The van der Waals surface area contributed by atoms with Crippen LogP contribution in [0.1, 0.15) is 193 Å². The van der Waals surface area contributed by atoms with Gasteiger partial charge in [0.15, 0.2) is 0 Å². The summed E-state index contributed by atoms with van der Waals surface area (Å²) in [4.78, 5) is 54.4. The zero-order chi connectivity index (χ0) is 45.4. The average molecular weight is 937 g/mol. The van der Waals surface area contributed by atoms with E-state index in [1.54, 1.807) is 0 Å². The molecule has 1 aliphatic rings. The predicted octanol–water partition coefficient (Wildman–Crippen LogP) is 8.14. The van der Waals surface area contributed by atoms with Crippen LogP contribution >= 0.6 is 28.3 Å². The van der Waals surface area contributed by atoms with Crippen LogP contribution in [-0.4, -0.2) is 109 Å². The van der Waals surface area contributed by atoms with Crippen LogP contribution in [0.3, 0.4) is 0 Å². The third-order valence-corrected chi connectivity index (χ3v) is 12.8. The molecule has 1 fully saturated rings. The van der Waals surface area contributed by atoms with Gasteiger partial charge >= 0.3 is 27.6 Å². The zero-order valence-electron chi connectivity index (χ0n) is 36.8. The Hall–Kier alpha value is -0.650. The molecule has 61 heavy (non-hydrogen) atoms. The number of esters is 2. The van der Waals surface area contributed by atoms with Gasteiger partial charge in [0.25, 0.3) is 0 Å². The number of ether oxygens (including phenoxy) is 2. The second-order valence-electron chi connectivity index (χ2n) is 16.6. The first-order chi connectivity index (χ1) is 29.1. The van der Waals surface area contributed by atoms with Crippen LogP contribution in [0.25, 0.3) is 0 Å². The largest absolute Gasteiger partial charge is 0.472 e. The summed E-state index contributed by atoms with van der Waals surface area (Å²) in [6.07, 6.45) is 15.4. The minimum atomic E-state index is -5.36. The molecular formula is C42H82O16P2S. The van der Waals surface area contributed by atoms with E-state index in [2.05, 4.69) is 24.1 Å². The van der Waals surface area contributed by atoms with Gasteiger partial charge < -0.3 is 44.6 Å². The number of carbonyl (C=O) groups excluding carboxylic acids is 2. The Bertz CT molecular complexity index is 1210. The van der Waals surface area contributed by atoms with Crippen LogP contribution in [0.5, 0.6) is 0 Å². The van der Waals surface area contributed by atoms with Crippen molar-refractivity contribution in [3.8, 4) is 0 Å². The van der Waals surface area contributed by atoms with Crippen molar-refractivity contribution in [1.29, 1.82) is 0 Å². The Morgan fingerprint density at radius 1 is 0.541 bits per heavy atom.